The van der Waals surface area contributed by atoms with Crippen LogP contribution in [0.4, 0.5) is 0 Å². The zero-order valence-corrected chi connectivity index (χ0v) is 25.5. The highest BCUT2D eigenvalue weighted by atomic mass is 16.3. The fraction of sp³-hybridized carbons (Fsp3) is 0. The van der Waals surface area contributed by atoms with Crippen LogP contribution in [0.2, 0.25) is 0 Å². The summed E-state index contributed by atoms with van der Waals surface area (Å²) in [4.78, 5) is 0. The highest BCUT2D eigenvalue weighted by Gasteiger charge is 2.20. The number of hydrogen-bond acceptors (Lipinski definition) is 1. The van der Waals surface area contributed by atoms with Crippen LogP contribution in [0.3, 0.4) is 0 Å². The normalized spacial score (nSPS) is 12.1. The lowest BCUT2D eigenvalue weighted by Crippen LogP contribution is -1.91. The minimum Gasteiger partial charge on any atom is -0.463 e. The van der Waals surface area contributed by atoms with Crippen LogP contribution in [0, 0.1) is 0 Å². The number of furan rings is 1. The van der Waals surface area contributed by atoms with Gasteiger partial charge in [0, 0.05) is 16.3 Å². The average molecular weight is 598 g/mol. The number of hydrogen-bond donors (Lipinski definition) is 0. The van der Waals surface area contributed by atoms with E-state index in [0.29, 0.717) is 6.04 Å². The van der Waals surface area contributed by atoms with Gasteiger partial charge in [0.05, 0.1) is 7.63 Å². The Morgan fingerprint density at radius 1 is 0.319 bits per heavy atom. The fourth-order valence-corrected chi connectivity index (χ4v) is 7.53. The van der Waals surface area contributed by atoms with Gasteiger partial charge in [0.1, 0.15) is 5.58 Å². The minimum absolute atomic E-state index is 0.502. The van der Waals surface area contributed by atoms with Crippen LogP contribution in [0.15, 0.2) is 174 Å². The SMILES string of the molecule is [2H]c1c(-c2coc3c2ccc2c4ccccc4ccc23)c(-c2ccccc2-c2cccc3ccccc23)cc2cc3ccccc3cc12. The second-order valence-electron chi connectivity index (χ2n) is 12.4. The molecule has 9 aromatic carbocycles. The van der Waals surface area contributed by atoms with Crippen molar-refractivity contribution in [3.05, 3.63) is 170 Å². The smallest absolute Gasteiger partial charge is 0.142 e. The van der Waals surface area contributed by atoms with Crippen molar-refractivity contribution in [1.29, 1.82) is 0 Å². The summed E-state index contributed by atoms with van der Waals surface area (Å²) in [7, 11) is 0. The molecule has 1 nitrogen and oxygen atoms in total. The predicted octanol–water partition coefficient (Wildman–Crippen LogP) is 13.2. The van der Waals surface area contributed by atoms with E-state index in [2.05, 4.69) is 158 Å². The molecule has 10 aromatic rings. The fourth-order valence-electron chi connectivity index (χ4n) is 7.53. The van der Waals surface area contributed by atoms with Gasteiger partial charge in [0.2, 0.25) is 0 Å². The summed E-state index contributed by atoms with van der Waals surface area (Å²) in [5.41, 5.74) is 7.09. The van der Waals surface area contributed by atoms with E-state index in [1.807, 2.05) is 6.26 Å². The first-order valence-corrected chi connectivity index (χ1v) is 16.1. The highest BCUT2D eigenvalue weighted by Crippen LogP contribution is 2.45. The molecular weight excluding hydrogens is 569 g/mol. The molecule has 0 spiro atoms. The van der Waals surface area contributed by atoms with E-state index < -0.39 is 0 Å². The second kappa shape index (κ2) is 10.2. The maximum Gasteiger partial charge on any atom is 0.142 e. The third kappa shape index (κ3) is 4.03. The Morgan fingerprint density at radius 3 is 1.70 bits per heavy atom. The standard InChI is InChI=1S/C46H28O/c1-2-13-32-25-34-27-44(45-28-47-46-41-21-20-30-11-4-6-16-36(30)40(41)22-23-42(45)46)43(26-33(34)24-31(32)12-1)39-18-8-7-17-38(39)37-19-9-14-29-10-3-5-15-35(29)37/h1-28H/i27D. The molecule has 218 valence electrons. The molecule has 1 heterocycles. The third-order valence-corrected chi connectivity index (χ3v) is 9.77. The Kier molecular flexibility index (Phi) is 5.42. The van der Waals surface area contributed by atoms with Crippen LogP contribution in [-0.2, 0) is 0 Å². The monoisotopic (exact) mass is 597 g/mol. The largest absolute Gasteiger partial charge is 0.463 e. The van der Waals surface area contributed by atoms with Crippen molar-refractivity contribution < 1.29 is 5.79 Å². The van der Waals surface area contributed by atoms with Gasteiger partial charge in [0.25, 0.3) is 0 Å². The van der Waals surface area contributed by atoms with Crippen molar-refractivity contribution in [2.45, 2.75) is 0 Å². The summed E-state index contributed by atoms with van der Waals surface area (Å²) in [5.74, 6) is 0. The Labute approximate surface area is 273 Å². The van der Waals surface area contributed by atoms with E-state index in [9.17, 15) is 1.37 Å². The van der Waals surface area contributed by atoms with Crippen molar-refractivity contribution in [3.8, 4) is 33.4 Å². The van der Waals surface area contributed by atoms with Crippen LogP contribution < -0.4 is 0 Å². The predicted molar refractivity (Wildman–Crippen MR) is 200 cm³/mol. The van der Waals surface area contributed by atoms with Gasteiger partial charge in [-0.1, -0.05) is 127 Å². The van der Waals surface area contributed by atoms with Gasteiger partial charge in [-0.05, 0) is 113 Å². The number of rotatable bonds is 3. The molecule has 0 saturated heterocycles. The zero-order valence-electron chi connectivity index (χ0n) is 26.5. The van der Waals surface area contributed by atoms with Crippen molar-refractivity contribution >= 4 is 64.8 Å². The van der Waals surface area contributed by atoms with E-state index in [1.54, 1.807) is 0 Å². The molecule has 0 bridgehead atoms. The first-order valence-electron chi connectivity index (χ1n) is 16.6. The molecule has 0 fully saturated rings. The summed E-state index contributed by atoms with van der Waals surface area (Å²) < 4.78 is 16.4. The molecule has 0 N–H and O–H groups in total. The number of benzene rings is 9. The van der Waals surface area contributed by atoms with E-state index in [4.69, 9.17) is 4.42 Å². The van der Waals surface area contributed by atoms with Crippen molar-refractivity contribution in [2.75, 3.05) is 0 Å². The van der Waals surface area contributed by atoms with Gasteiger partial charge in [0.15, 0.2) is 0 Å². The number of fused-ring (bicyclic) bond motifs is 8. The molecule has 0 amide bonds. The molecule has 47 heavy (non-hydrogen) atoms. The lowest BCUT2D eigenvalue weighted by atomic mass is 9.86. The quantitative estimate of drug-likeness (QED) is 0.146. The molecule has 10 rings (SSSR count). The van der Waals surface area contributed by atoms with Crippen LogP contribution >= 0.6 is 0 Å². The molecule has 0 unspecified atom stereocenters. The van der Waals surface area contributed by atoms with Crippen molar-refractivity contribution in [3.63, 3.8) is 0 Å². The molecule has 0 aliphatic rings. The van der Waals surface area contributed by atoms with Crippen LogP contribution in [0.5, 0.6) is 0 Å². The molecule has 1 heteroatoms. The third-order valence-electron chi connectivity index (χ3n) is 9.77. The van der Waals surface area contributed by atoms with E-state index in [0.717, 1.165) is 65.7 Å². The minimum atomic E-state index is 0.502. The lowest BCUT2D eigenvalue weighted by molar-refractivity contribution is 0.620. The van der Waals surface area contributed by atoms with Gasteiger partial charge < -0.3 is 4.42 Å². The summed E-state index contributed by atoms with van der Waals surface area (Å²) in [6, 6.07) is 56.5. The van der Waals surface area contributed by atoms with Gasteiger partial charge >= 0.3 is 0 Å². The molecule has 0 aliphatic carbocycles. The summed E-state index contributed by atoms with van der Waals surface area (Å²) in [6.45, 7) is 0. The van der Waals surface area contributed by atoms with Crippen LogP contribution in [0.25, 0.3) is 98.2 Å². The van der Waals surface area contributed by atoms with E-state index in [-0.39, 0.29) is 0 Å². The summed E-state index contributed by atoms with van der Waals surface area (Å²) in [5, 5.41) is 12.3. The van der Waals surface area contributed by atoms with Crippen molar-refractivity contribution in [2.24, 2.45) is 0 Å². The molecule has 0 saturated carbocycles. The maximum atomic E-state index is 9.89. The van der Waals surface area contributed by atoms with Crippen LogP contribution in [0.1, 0.15) is 1.37 Å². The Morgan fingerprint density at radius 2 is 0.894 bits per heavy atom. The Bertz CT molecular complexity index is 2910. The first kappa shape index (κ1) is 25.1. The van der Waals surface area contributed by atoms with Gasteiger partial charge in [-0.15, -0.1) is 0 Å². The maximum absolute atomic E-state index is 9.89. The van der Waals surface area contributed by atoms with Gasteiger partial charge in [-0.2, -0.15) is 0 Å². The topological polar surface area (TPSA) is 13.1 Å². The van der Waals surface area contributed by atoms with Crippen LogP contribution in [-0.4, -0.2) is 0 Å². The lowest BCUT2D eigenvalue weighted by Gasteiger charge is -2.17. The Balaban J connectivity index is 1.31. The zero-order chi connectivity index (χ0) is 31.8. The molecular formula is C46H28O. The highest BCUT2D eigenvalue weighted by molar-refractivity contribution is 6.19. The van der Waals surface area contributed by atoms with Crippen molar-refractivity contribution in [1.82, 2.24) is 0 Å². The molecule has 1 aromatic heterocycles. The van der Waals surface area contributed by atoms with Gasteiger partial charge in [-0.25, -0.2) is 0 Å². The average Bonchev–Trinajstić information content (AvgIpc) is 3.58. The first-order chi connectivity index (χ1) is 23.7. The van der Waals surface area contributed by atoms with Gasteiger partial charge in [-0.3, -0.25) is 0 Å². The second-order valence-corrected chi connectivity index (χ2v) is 12.4. The molecule has 0 atom stereocenters. The summed E-state index contributed by atoms with van der Waals surface area (Å²) in [6.07, 6.45) is 1.86. The van der Waals surface area contributed by atoms with E-state index in [1.165, 1.54) is 32.5 Å². The Hall–Kier alpha value is -6.18. The molecule has 0 aliphatic heterocycles. The van der Waals surface area contributed by atoms with E-state index >= 15 is 0 Å². The molecule has 0 radical (unpaired) electrons. The summed E-state index contributed by atoms with van der Waals surface area (Å²) >= 11 is 0.